The van der Waals surface area contributed by atoms with E-state index >= 15 is 0 Å². The van der Waals surface area contributed by atoms with E-state index in [2.05, 4.69) is 76.3 Å². The Morgan fingerprint density at radius 1 is 0.683 bits per heavy atom. The summed E-state index contributed by atoms with van der Waals surface area (Å²) in [5, 5.41) is 3.68. The number of hydrogen-bond donors (Lipinski definition) is 1. The van der Waals surface area contributed by atoms with Crippen molar-refractivity contribution in [2.45, 2.75) is 133 Å². The van der Waals surface area contributed by atoms with Gasteiger partial charge in [-0.3, -0.25) is 4.55 Å². The first kappa shape index (κ1) is 38.9. The summed E-state index contributed by atoms with van der Waals surface area (Å²) in [6.45, 7) is 9.74. The number of alkyl halides is 3. The molecule has 1 aromatic carbocycles. The SMILES string of the molecule is C1=CCCC=CCC1.CCC1CCC(CC)P1c1ccccc1P1C(CC)CCC1CC.O=S(=O)(O)C(F)(F)F.[Rh]. The van der Waals surface area contributed by atoms with Crippen LogP contribution in [-0.4, -0.2) is 41.1 Å². The molecule has 2 aliphatic heterocycles. The Labute approximate surface area is 262 Å². The van der Waals surface area contributed by atoms with Gasteiger partial charge in [0, 0.05) is 19.5 Å². The summed E-state index contributed by atoms with van der Waals surface area (Å²) >= 11 is 0. The van der Waals surface area contributed by atoms with Gasteiger partial charge in [0.1, 0.15) is 0 Å². The molecule has 237 valence electrons. The summed E-state index contributed by atoms with van der Waals surface area (Å²) in [7, 11) is -5.71. The van der Waals surface area contributed by atoms with Gasteiger partial charge in [-0.2, -0.15) is 21.6 Å². The van der Waals surface area contributed by atoms with Crippen molar-refractivity contribution >= 4 is 36.6 Å². The van der Waals surface area contributed by atoms with Crippen molar-refractivity contribution in [3.8, 4) is 0 Å². The smallest absolute Gasteiger partial charge is 0.279 e. The second-order valence-electron chi connectivity index (χ2n) is 10.7. The average molecular weight is 724 g/mol. The molecule has 2 saturated heterocycles. The van der Waals surface area contributed by atoms with E-state index in [1.54, 1.807) is 0 Å². The molecule has 10 heteroatoms. The van der Waals surface area contributed by atoms with Crippen molar-refractivity contribution in [3.63, 3.8) is 0 Å². The second-order valence-corrected chi connectivity index (χ2v) is 17.7. The van der Waals surface area contributed by atoms with Gasteiger partial charge in [0.15, 0.2) is 0 Å². The van der Waals surface area contributed by atoms with Gasteiger partial charge in [0.05, 0.1) is 0 Å². The monoisotopic (exact) mass is 723 g/mol. The molecular formula is C31H49F3O3P2RhS. The van der Waals surface area contributed by atoms with Gasteiger partial charge in [-0.25, -0.2) is 0 Å². The molecule has 2 fully saturated rings. The molecule has 3 aliphatic rings. The Balaban J connectivity index is 0.000000407. The Morgan fingerprint density at radius 2 is 0.927 bits per heavy atom. The zero-order valence-electron chi connectivity index (χ0n) is 24.9. The van der Waals surface area contributed by atoms with Crippen molar-refractivity contribution in [3.05, 3.63) is 48.6 Å². The number of allylic oxidation sites excluding steroid dienone is 4. The average Bonchev–Trinajstić information content (AvgIpc) is 3.51. The predicted molar refractivity (Wildman–Crippen MR) is 169 cm³/mol. The summed E-state index contributed by atoms with van der Waals surface area (Å²) < 4.78 is 57.5. The van der Waals surface area contributed by atoms with Gasteiger partial charge in [-0.1, -0.05) is 92.1 Å². The molecule has 1 radical (unpaired) electrons. The van der Waals surface area contributed by atoms with Crippen molar-refractivity contribution in [1.29, 1.82) is 0 Å². The Bertz CT molecular complexity index is 952. The van der Waals surface area contributed by atoms with Crippen LogP contribution in [0.3, 0.4) is 0 Å². The van der Waals surface area contributed by atoms with Crippen LogP contribution in [0.25, 0.3) is 0 Å². The number of halogens is 3. The van der Waals surface area contributed by atoms with Crippen LogP contribution in [-0.2, 0) is 29.6 Å². The molecule has 0 bridgehead atoms. The molecule has 0 aromatic heterocycles. The van der Waals surface area contributed by atoms with Gasteiger partial charge in [0.25, 0.3) is 0 Å². The van der Waals surface area contributed by atoms with E-state index in [0.29, 0.717) is 0 Å². The summed E-state index contributed by atoms with van der Waals surface area (Å²) in [5.74, 6) is 0. The number of rotatable bonds is 6. The van der Waals surface area contributed by atoms with Crippen LogP contribution in [0, 0.1) is 0 Å². The van der Waals surface area contributed by atoms with Crippen molar-refractivity contribution in [2.24, 2.45) is 0 Å². The molecule has 0 amide bonds. The second kappa shape index (κ2) is 19.3. The molecule has 1 aliphatic carbocycles. The van der Waals surface area contributed by atoms with E-state index < -0.39 is 15.6 Å². The van der Waals surface area contributed by atoms with Crippen LogP contribution in [0.1, 0.15) is 105 Å². The minimum Gasteiger partial charge on any atom is -0.279 e. The van der Waals surface area contributed by atoms with E-state index in [1.165, 1.54) is 77.0 Å². The third-order valence-electron chi connectivity index (χ3n) is 8.19. The molecule has 1 aromatic rings. The largest absolute Gasteiger partial charge is 0.522 e. The Morgan fingerprint density at radius 3 is 1.12 bits per heavy atom. The quantitative estimate of drug-likeness (QED) is 0.105. The Kier molecular flexibility index (Phi) is 18.3. The fourth-order valence-corrected chi connectivity index (χ4v) is 14.0. The predicted octanol–water partition coefficient (Wildman–Crippen LogP) is 9.67. The standard InChI is InChI=1S/C22H36P2.C8H12.CHF3O3S.Rh/c1-5-17-13-14-18(6-2)23(17)21-11-9-10-12-22(21)24-19(7-3)15-16-20(24)8-4;1-2-4-6-8-7-5-3-1;2-1(3,4)8(5,6)7;/h9-12,17-20H,5-8,13-16H2,1-4H3;1-2,7-8H,3-6H2;(H,5,6,7);. The third kappa shape index (κ3) is 11.7. The third-order valence-corrected chi connectivity index (χ3v) is 16.5. The minimum atomic E-state index is -5.84. The molecule has 41 heavy (non-hydrogen) atoms. The zero-order valence-corrected chi connectivity index (χ0v) is 29.2. The molecule has 1 N–H and O–H groups in total. The first-order chi connectivity index (χ1) is 19.0. The van der Waals surface area contributed by atoms with E-state index in [1.807, 2.05) is 10.6 Å². The Hall–Kier alpha value is -0.117. The van der Waals surface area contributed by atoms with Crippen molar-refractivity contribution in [1.82, 2.24) is 0 Å². The van der Waals surface area contributed by atoms with Crippen LogP contribution in [0.2, 0.25) is 0 Å². The molecular weight excluding hydrogens is 674 g/mol. The van der Waals surface area contributed by atoms with Crippen LogP contribution in [0.15, 0.2) is 48.6 Å². The van der Waals surface area contributed by atoms with Crippen LogP contribution < -0.4 is 10.6 Å². The first-order valence-corrected chi connectivity index (χ1v) is 19.4. The van der Waals surface area contributed by atoms with Gasteiger partial charge in [0.2, 0.25) is 0 Å². The summed E-state index contributed by atoms with van der Waals surface area (Å²) in [4.78, 5) is 0. The van der Waals surface area contributed by atoms with Gasteiger partial charge in [-0.05, 0) is 110 Å². The topological polar surface area (TPSA) is 54.4 Å². The molecule has 4 rings (SSSR count). The van der Waals surface area contributed by atoms with Crippen LogP contribution in [0.4, 0.5) is 13.2 Å². The van der Waals surface area contributed by atoms with Crippen molar-refractivity contribution < 1.29 is 45.6 Å². The van der Waals surface area contributed by atoms with E-state index in [-0.39, 0.29) is 35.3 Å². The fraction of sp³-hybridized carbons (Fsp3) is 0.677. The normalized spacial score (nSPS) is 27.9. The summed E-state index contributed by atoms with van der Waals surface area (Å²) in [5.41, 5.74) is -1.58. The molecule has 3 nitrogen and oxygen atoms in total. The summed E-state index contributed by atoms with van der Waals surface area (Å²) in [6.07, 6.45) is 25.5. The zero-order chi connectivity index (χ0) is 29.8. The van der Waals surface area contributed by atoms with Gasteiger partial charge in [-0.15, -0.1) is 0 Å². The van der Waals surface area contributed by atoms with Crippen LogP contribution >= 0.6 is 15.8 Å². The first-order valence-electron chi connectivity index (χ1n) is 15.0. The minimum absolute atomic E-state index is 0. The maximum absolute atomic E-state index is 10.7. The summed E-state index contributed by atoms with van der Waals surface area (Å²) in [6, 6.07) is 9.79. The maximum Gasteiger partial charge on any atom is 0.522 e. The molecule has 0 spiro atoms. The molecule has 4 atom stereocenters. The van der Waals surface area contributed by atoms with Crippen LogP contribution in [0.5, 0.6) is 0 Å². The van der Waals surface area contributed by atoms with Gasteiger partial charge >= 0.3 is 15.6 Å². The number of benzene rings is 1. The van der Waals surface area contributed by atoms with Crippen molar-refractivity contribution in [2.75, 3.05) is 0 Å². The van der Waals surface area contributed by atoms with E-state index in [9.17, 15) is 13.2 Å². The van der Waals surface area contributed by atoms with Gasteiger partial charge < -0.3 is 0 Å². The molecule has 2 heterocycles. The molecule has 4 unspecified atom stereocenters. The van der Waals surface area contributed by atoms with E-state index in [4.69, 9.17) is 13.0 Å². The molecule has 0 saturated carbocycles. The maximum atomic E-state index is 10.7. The van der Waals surface area contributed by atoms with E-state index in [0.717, 1.165) is 22.6 Å². The number of hydrogen-bond acceptors (Lipinski definition) is 2. The fourth-order valence-electron chi connectivity index (χ4n) is 6.07.